The number of hydrogen-bond donors (Lipinski definition) is 1. The Morgan fingerprint density at radius 3 is 2.12 bits per heavy atom. The summed E-state index contributed by atoms with van der Waals surface area (Å²) >= 11 is 5.76. The first kappa shape index (κ1) is 23.9. The monoisotopic (exact) mass is 485 g/mol. The van der Waals surface area contributed by atoms with Crippen LogP contribution in [0.4, 0.5) is 0 Å². The maximum atomic E-state index is 6.00. The van der Waals surface area contributed by atoms with E-state index in [-0.39, 0.29) is 0 Å². The SMILES string of the molecule is Cc1oc2cccc[n+]2c1P(c1ccccc1)c1ccccc1.NC/C=C/c1cccc(Cl)c1. The Bertz CT molecular complexity index is 1330. The van der Waals surface area contributed by atoms with Crippen LogP contribution in [0.15, 0.2) is 120 Å². The van der Waals surface area contributed by atoms with Gasteiger partial charge in [0.05, 0.1) is 14.0 Å². The van der Waals surface area contributed by atoms with Crippen LogP contribution in [-0.4, -0.2) is 6.54 Å². The number of hydrogen-bond acceptors (Lipinski definition) is 2. The van der Waals surface area contributed by atoms with Crippen LogP contribution in [0.1, 0.15) is 11.3 Å². The second-order valence-corrected chi connectivity index (χ2v) is 10.2. The van der Waals surface area contributed by atoms with Gasteiger partial charge in [0.2, 0.25) is 0 Å². The number of halogens is 1. The molecule has 0 aliphatic rings. The molecule has 5 heteroatoms. The Labute approximate surface area is 206 Å². The molecule has 0 aliphatic heterocycles. The first-order valence-electron chi connectivity index (χ1n) is 11.1. The number of rotatable bonds is 5. The largest absolute Gasteiger partial charge is 0.402 e. The molecular weight excluding hydrogens is 459 g/mol. The van der Waals surface area contributed by atoms with Crippen molar-refractivity contribution in [3.05, 3.63) is 132 Å². The molecular formula is C29H27ClN2OP+. The van der Waals surface area contributed by atoms with Crippen LogP contribution in [-0.2, 0) is 0 Å². The maximum Gasteiger partial charge on any atom is 0.379 e. The molecule has 0 atom stereocenters. The third-order valence-electron chi connectivity index (χ3n) is 5.16. The van der Waals surface area contributed by atoms with Crippen molar-refractivity contribution < 1.29 is 8.82 Å². The van der Waals surface area contributed by atoms with Gasteiger partial charge in [0.15, 0.2) is 12.0 Å². The van der Waals surface area contributed by atoms with E-state index in [9.17, 15) is 0 Å². The van der Waals surface area contributed by atoms with Gasteiger partial charge < -0.3 is 10.2 Å². The predicted octanol–water partition coefficient (Wildman–Crippen LogP) is 5.40. The fraction of sp³-hybridized carbons (Fsp3) is 0.0690. The highest BCUT2D eigenvalue weighted by molar-refractivity contribution is 7.79. The lowest BCUT2D eigenvalue weighted by Crippen LogP contribution is -2.40. The lowest BCUT2D eigenvalue weighted by Gasteiger charge is -2.14. The minimum absolute atomic E-state index is 0.562. The number of benzene rings is 3. The fourth-order valence-electron chi connectivity index (χ4n) is 3.69. The van der Waals surface area contributed by atoms with Crippen molar-refractivity contribution in [2.45, 2.75) is 6.92 Å². The summed E-state index contributed by atoms with van der Waals surface area (Å²) in [6.45, 7) is 2.62. The number of nitrogens with zero attached hydrogens (tertiary/aromatic N) is 1. The van der Waals surface area contributed by atoms with Crippen molar-refractivity contribution in [3.8, 4) is 0 Å². The summed E-state index contributed by atoms with van der Waals surface area (Å²) in [5.41, 5.74) is 8.51. The van der Waals surface area contributed by atoms with E-state index in [4.69, 9.17) is 21.8 Å². The van der Waals surface area contributed by atoms with Gasteiger partial charge in [-0.15, -0.1) is 4.40 Å². The molecule has 0 saturated heterocycles. The van der Waals surface area contributed by atoms with Crippen LogP contribution in [0.2, 0.25) is 5.02 Å². The molecule has 0 saturated carbocycles. The second-order valence-electron chi connectivity index (χ2n) is 7.59. The summed E-state index contributed by atoms with van der Waals surface area (Å²) in [5, 5.41) is 3.41. The van der Waals surface area contributed by atoms with Gasteiger partial charge in [-0.2, -0.15) is 0 Å². The third kappa shape index (κ3) is 5.81. The minimum atomic E-state index is -0.660. The molecule has 34 heavy (non-hydrogen) atoms. The zero-order chi connectivity index (χ0) is 23.8. The van der Waals surface area contributed by atoms with Crippen molar-refractivity contribution in [2.24, 2.45) is 5.73 Å². The zero-order valence-corrected chi connectivity index (χ0v) is 20.7. The van der Waals surface area contributed by atoms with E-state index >= 15 is 0 Å². The highest BCUT2D eigenvalue weighted by Gasteiger charge is 2.30. The van der Waals surface area contributed by atoms with Gasteiger partial charge in [-0.3, -0.25) is 0 Å². The summed E-state index contributed by atoms with van der Waals surface area (Å²) in [7, 11) is -0.660. The van der Waals surface area contributed by atoms with Crippen LogP contribution in [0.25, 0.3) is 11.8 Å². The number of pyridine rings is 1. The van der Waals surface area contributed by atoms with Gasteiger partial charge in [0.1, 0.15) is 0 Å². The first-order valence-corrected chi connectivity index (χ1v) is 12.8. The Morgan fingerprint density at radius 1 is 0.853 bits per heavy atom. The van der Waals surface area contributed by atoms with E-state index in [1.807, 2.05) is 48.6 Å². The standard InChI is InChI=1S/C20H17NOP.C9H10ClN/c1-16-20(21-15-9-8-14-19(21)22-16)23(17-10-4-2-5-11-17)18-12-6-3-7-13-18;10-9-5-1-3-8(7-9)4-2-6-11/h2-15H,1H3;1-5,7H,6,11H2/q+1;/b;4-2+. The molecule has 0 amide bonds. The molecule has 2 N–H and O–H groups in total. The van der Waals surface area contributed by atoms with Crippen molar-refractivity contribution in [2.75, 3.05) is 6.54 Å². The van der Waals surface area contributed by atoms with Gasteiger partial charge in [-0.05, 0) is 34.4 Å². The number of aryl methyl sites for hydroxylation is 1. The summed E-state index contributed by atoms with van der Waals surface area (Å²) in [6.07, 6.45) is 5.93. The Balaban J connectivity index is 0.000000210. The molecule has 170 valence electrons. The molecule has 0 aliphatic carbocycles. The average Bonchev–Trinajstić information content (AvgIpc) is 3.20. The van der Waals surface area contributed by atoms with E-state index in [2.05, 4.69) is 84.3 Å². The Morgan fingerprint density at radius 2 is 1.50 bits per heavy atom. The van der Waals surface area contributed by atoms with E-state index in [0.29, 0.717) is 6.54 Å². The zero-order valence-electron chi connectivity index (χ0n) is 19.0. The van der Waals surface area contributed by atoms with E-state index in [1.54, 1.807) is 0 Å². The van der Waals surface area contributed by atoms with Crippen LogP contribution in [0, 0.1) is 6.92 Å². The van der Waals surface area contributed by atoms with Crippen LogP contribution < -0.4 is 26.2 Å². The quantitative estimate of drug-likeness (QED) is 0.268. The smallest absolute Gasteiger partial charge is 0.379 e. The molecule has 0 unspecified atom stereocenters. The summed E-state index contributed by atoms with van der Waals surface area (Å²) in [4.78, 5) is 0. The van der Waals surface area contributed by atoms with Gasteiger partial charge >= 0.3 is 5.71 Å². The van der Waals surface area contributed by atoms with Crippen molar-refractivity contribution in [1.82, 2.24) is 0 Å². The van der Waals surface area contributed by atoms with Crippen molar-refractivity contribution in [3.63, 3.8) is 0 Å². The number of nitrogens with two attached hydrogens (primary N) is 1. The summed E-state index contributed by atoms with van der Waals surface area (Å²) < 4.78 is 8.18. The maximum absolute atomic E-state index is 6.00. The molecule has 2 aromatic heterocycles. The Hall–Kier alpha value is -3.23. The van der Waals surface area contributed by atoms with Gasteiger partial charge in [-0.1, -0.05) is 96.5 Å². The predicted molar refractivity (Wildman–Crippen MR) is 145 cm³/mol. The van der Waals surface area contributed by atoms with Crippen molar-refractivity contribution in [1.29, 1.82) is 0 Å². The lowest BCUT2D eigenvalue weighted by molar-refractivity contribution is -0.493. The molecule has 0 fully saturated rings. The van der Waals surface area contributed by atoms with E-state index in [1.165, 1.54) is 16.0 Å². The fourth-order valence-corrected chi connectivity index (χ4v) is 6.35. The molecule has 0 spiro atoms. The molecule has 0 radical (unpaired) electrons. The molecule has 3 aromatic carbocycles. The van der Waals surface area contributed by atoms with Gasteiger partial charge in [0.25, 0.3) is 5.44 Å². The summed E-state index contributed by atoms with van der Waals surface area (Å²) in [6, 6.07) is 35.1. The lowest BCUT2D eigenvalue weighted by atomic mass is 10.2. The molecule has 3 nitrogen and oxygen atoms in total. The summed E-state index contributed by atoms with van der Waals surface area (Å²) in [5.74, 6) is 0.981. The van der Waals surface area contributed by atoms with E-state index in [0.717, 1.165) is 22.1 Å². The third-order valence-corrected chi connectivity index (χ3v) is 7.98. The first-order chi connectivity index (χ1) is 16.7. The number of aromatic nitrogens is 1. The van der Waals surface area contributed by atoms with Crippen molar-refractivity contribution >= 4 is 47.4 Å². The number of fused-ring (bicyclic) bond motifs is 1. The highest BCUT2D eigenvalue weighted by Crippen LogP contribution is 2.33. The van der Waals surface area contributed by atoms with Crippen LogP contribution in [0.5, 0.6) is 0 Å². The van der Waals surface area contributed by atoms with E-state index < -0.39 is 7.92 Å². The molecule has 2 heterocycles. The normalized spacial score (nSPS) is 11.1. The molecule has 5 aromatic rings. The second kappa shape index (κ2) is 11.8. The topological polar surface area (TPSA) is 43.3 Å². The number of oxazole rings is 1. The average molecular weight is 486 g/mol. The van der Waals surface area contributed by atoms with Crippen LogP contribution in [0.3, 0.4) is 0 Å². The Kier molecular flexibility index (Phi) is 8.27. The van der Waals surface area contributed by atoms with Gasteiger partial charge in [-0.25, -0.2) is 0 Å². The highest BCUT2D eigenvalue weighted by atomic mass is 35.5. The minimum Gasteiger partial charge on any atom is -0.402 e. The molecule has 0 bridgehead atoms. The molecule has 5 rings (SSSR count). The van der Waals surface area contributed by atoms with Crippen LogP contribution >= 0.6 is 19.5 Å². The van der Waals surface area contributed by atoms with Gasteiger partial charge in [0, 0.05) is 24.6 Å².